The Morgan fingerprint density at radius 3 is 2.52 bits per heavy atom. The zero-order valence-electron chi connectivity index (χ0n) is 15.1. The van der Waals surface area contributed by atoms with Gasteiger partial charge in [0.1, 0.15) is 0 Å². The predicted octanol–water partition coefficient (Wildman–Crippen LogP) is 5.49. The van der Waals surface area contributed by atoms with Gasteiger partial charge in [0, 0.05) is 5.41 Å². The minimum Gasteiger partial charge on any atom is -0.393 e. The number of aliphatic hydroxyl groups excluding tert-OH is 1. The SMILES string of the molecule is C=C=CC12CCCC[C@]1(C)[C@H]1CC[C@]3(C)C(O)CC[C@H]3[C@@H]1CC2. The summed E-state index contributed by atoms with van der Waals surface area (Å²) in [7, 11) is 0. The average Bonchev–Trinajstić information content (AvgIpc) is 2.84. The highest BCUT2D eigenvalue weighted by molar-refractivity contribution is 5.17. The van der Waals surface area contributed by atoms with E-state index in [0.717, 1.165) is 24.2 Å². The molecule has 0 saturated heterocycles. The van der Waals surface area contributed by atoms with E-state index in [1.165, 1.54) is 57.8 Å². The van der Waals surface area contributed by atoms with Crippen molar-refractivity contribution in [1.82, 2.24) is 0 Å². The van der Waals surface area contributed by atoms with Gasteiger partial charge in [-0.15, -0.1) is 5.73 Å². The molecule has 0 aliphatic heterocycles. The highest BCUT2D eigenvalue weighted by Gasteiger charge is 2.63. The van der Waals surface area contributed by atoms with Crippen LogP contribution >= 0.6 is 0 Å². The standard InChI is InChI=1S/C22H34O/c1-4-11-22-13-6-5-12-21(22,3)18-10-14-20(2)17(7-8-19(20)23)16(18)9-15-22/h11,16-19,23H,1,5-10,12-15H2,2-3H3/t16-,17-,18-,19?,20-,21+,22?/m0/s1. The first-order valence-electron chi connectivity index (χ1n) is 10.0. The van der Waals surface area contributed by atoms with Gasteiger partial charge in [0.05, 0.1) is 6.10 Å². The highest BCUT2D eigenvalue weighted by atomic mass is 16.3. The van der Waals surface area contributed by atoms with Crippen LogP contribution in [-0.4, -0.2) is 11.2 Å². The molecule has 0 spiro atoms. The fraction of sp³-hybridized carbons (Fsp3) is 0.864. The second-order valence-corrected chi connectivity index (χ2v) is 9.68. The van der Waals surface area contributed by atoms with Gasteiger partial charge >= 0.3 is 0 Å². The van der Waals surface area contributed by atoms with Crippen molar-refractivity contribution in [2.24, 2.45) is 34.0 Å². The Balaban J connectivity index is 1.72. The van der Waals surface area contributed by atoms with Crippen molar-refractivity contribution in [2.45, 2.75) is 84.2 Å². The van der Waals surface area contributed by atoms with Crippen LogP contribution in [0, 0.1) is 34.0 Å². The lowest BCUT2D eigenvalue weighted by Gasteiger charge is -2.64. The predicted molar refractivity (Wildman–Crippen MR) is 95.0 cm³/mol. The van der Waals surface area contributed by atoms with E-state index in [2.05, 4.69) is 32.2 Å². The van der Waals surface area contributed by atoms with Crippen molar-refractivity contribution in [3.63, 3.8) is 0 Å². The van der Waals surface area contributed by atoms with E-state index in [4.69, 9.17) is 0 Å². The maximum absolute atomic E-state index is 10.6. The van der Waals surface area contributed by atoms with Crippen LogP contribution in [0.25, 0.3) is 0 Å². The highest BCUT2D eigenvalue weighted by Crippen LogP contribution is 2.70. The van der Waals surface area contributed by atoms with Gasteiger partial charge in [-0.2, -0.15) is 0 Å². The molecule has 0 amide bonds. The van der Waals surface area contributed by atoms with Crippen molar-refractivity contribution < 1.29 is 5.11 Å². The summed E-state index contributed by atoms with van der Waals surface area (Å²) >= 11 is 0. The second-order valence-electron chi connectivity index (χ2n) is 9.68. The topological polar surface area (TPSA) is 20.2 Å². The quantitative estimate of drug-likeness (QED) is 0.634. The Labute approximate surface area is 142 Å². The lowest BCUT2D eigenvalue weighted by Crippen LogP contribution is -2.57. The maximum Gasteiger partial charge on any atom is 0.0596 e. The summed E-state index contributed by atoms with van der Waals surface area (Å²) in [6.45, 7) is 8.93. The molecular formula is C22H34O. The molecule has 4 aliphatic rings. The Morgan fingerprint density at radius 2 is 1.74 bits per heavy atom. The second kappa shape index (κ2) is 5.24. The minimum atomic E-state index is -0.0487. The molecule has 0 radical (unpaired) electrons. The lowest BCUT2D eigenvalue weighted by molar-refractivity contribution is -0.146. The van der Waals surface area contributed by atoms with E-state index >= 15 is 0 Å². The van der Waals surface area contributed by atoms with Crippen LogP contribution < -0.4 is 0 Å². The van der Waals surface area contributed by atoms with Gasteiger partial charge in [-0.25, -0.2) is 0 Å². The molecule has 4 saturated carbocycles. The monoisotopic (exact) mass is 314 g/mol. The molecular weight excluding hydrogens is 280 g/mol. The zero-order chi connectivity index (χ0) is 16.3. The van der Waals surface area contributed by atoms with Crippen molar-refractivity contribution >= 4 is 0 Å². The summed E-state index contributed by atoms with van der Waals surface area (Å²) in [5.41, 5.74) is 4.20. The third-order valence-electron chi connectivity index (χ3n) is 9.21. The molecule has 1 heteroatoms. The summed E-state index contributed by atoms with van der Waals surface area (Å²) in [6, 6.07) is 0. The van der Waals surface area contributed by atoms with E-state index in [9.17, 15) is 5.11 Å². The molecule has 0 aromatic rings. The normalized spacial score (nSPS) is 55.3. The third kappa shape index (κ3) is 1.96. The fourth-order valence-electron chi connectivity index (χ4n) is 7.81. The molecule has 23 heavy (non-hydrogen) atoms. The molecule has 4 fully saturated rings. The van der Waals surface area contributed by atoms with Crippen LogP contribution in [0.1, 0.15) is 78.1 Å². The van der Waals surface area contributed by atoms with Gasteiger partial charge in [-0.1, -0.05) is 33.3 Å². The largest absolute Gasteiger partial charge is 0.393 e. The van der Waals surface area contributed by atoms with Gasteiger partial charge < -0.3 is 5.11 Å². The summed E-state index contributed by atoms with van der Waals surface area (Å²) < 4.78 is 0. The van der Waals surface area contributed by atoms with Crippen molar-refractivity contribution in [1.29, 1.82) is 0 Å². The molecule has 0 aromatic heterocycles. The smallest absolute Gasteiger partial charge is 0.0596 e. The van der Waals surface area contributed by atoms with E-state index in [0.29, 0.717) is 10.8 Å². The van der Waals surface area contributed by atoms with Gasteiger partial charge in [0.2, 0.25) is 0 Å². The molecule has 4 rings (SSSR count). The number of hydrogen-bond donors (Lipinski definition) is 1. The summed E-state index contributed by atoms with van der Waals surface area (Å²) in [6.07, 6.45) is 15.4. The number of fused-ring (bicyclic) bond motifs is 5. The Morgan fingerprint density at radius 1 is 0.957 bits per heavy atom. The Bertz CT molecular complexity index is 532. The molecule has 0 aromatic carbocycles. The van der Waals surface area contributed by atoms with Crippen LogP contribution in [0.15, 0.2) is 18.4 Å². The lowest BCUT2D eigenvalue weighted by atomic mass is 9.40. The molecule has 128 valence electrons. The zero-order valence-corrected chi connectivity index (χ0v) is 15.1. The first-order chi connectivity index (χ1) is 11.0. The van der Waals surface area contributed by atoms with Crippen molar-refractivity contribution in [2.75, 3.05) is 0 Å². The Hall–Kier alpha value is -0.520. The number of allylic oxidation sites excluding steroid dienone is 1. The first-order valence-corrected chi connectivity index (χ1v) is 10.0. The molecule has 0 heterocycles. The average molecular weight is 315 g/mol. The van der Waals surface area contributed by atoms with E-state index in [1.54, 1.807) is 0 Å². The minimum absolute atomic E-state index is 0.0487. The number of hydrogen-bond acceptors (Lipinski definition) is 1. The van der Waals surface area contributed by atoms with Crippen LogP contribution in [-0.2, 0) is 0 Å². The summed E-state index contributed by atoms with van der Waals surface area (Å²) in [4.78, 5) is 0. The summed E-state index contributed by atoms with van der Waals surface area (Å²) in [5, 5.41) is 10.6. The molecule has 4 aliphatic carbocycles. The van der Waals surface area contributed by atoms with Gasteiger partial charge in [0.15, 0.2) is 0 Å². The van der Waals surface area contributed by atoms with Crippen LogP contribution in [0.4, 0.5) is 0 Å². The fourth-order valence-corrected chi connectivity index (χ4v) is 7.81. The van der Waals surface area contributed by atoms with Crippen molar-refractivity contribution in [3.05, 3.63) is 18.4 Å². The van der Waals surface area contributed by atoms with Crippen molar-refractivity contribution in [3.8, 4) is 0 Å². The molecule has 0 bridgehead atoms. The van der Waals surface area contributed by atoms with E-state index in [-0.39, 0.29) is 11.5 Å². The van der Waals surface area contributed by atoms with Crippen LogP contribution in [0.3, 0.4) is 0 Å². The van der Waals surface area contributed by atoms with Gasteiger partial charge in [0.25, 0.3) is 0 Å². The van der Waals surface area contributed by atoms with Crippen LogP contribution in [0.2, 0.25) is 0 Å². The number of aliphatic hydroxyl groups is 1. The van der Waals surface area contributed by atoms with Gasteiger partial charge in [-0.3, -0.25) is 0 Å². The van der Waals surface area contributed by atoms with E-state index in [1.807, 2.05) is 0 Å². The number of rotatable bonds is 1. The van der Waals surface area contributed by atoms with E-state index < -0.39 is 0 Å². The van der Waals surface area contributed by atoms with Crippen LogP contribution in [0.5, 0.6) is 0 Å². The first kappa shape index (κ1) is 16.0. The molecule has 1 N–H and O–H groups in total. The Kier molecular flexibility index (Phi) is 3.64. The molecule has 7 atom stereocenters. The van der Waals surface area contributed by atoms with Gasteiger partial charge in [-0.05, 0) is 86.0 Å². The maximum atomic E-state index is 10.6. The third-order valence-corrected chi connectivity index (χ3v) is 9.21. The summed E-state index contributed by atoms with van der Waals surface area (Å²) in [5.74, 6) is 2.46. The molecule has 1 nitrogen and oxygen atoms in total. The molecule has 2 unspecified atom stereocenters.